The first-order chi connectivity index (χ1) is 12.3. The average Bonchev–Trinajstić information content (AvgIpc) is 2.89. The van der Waals surface area contributed by atoms with Crippen LogP contribution < -0.4 is 0 Å². The second-order valence-corrected chi connectivity index (χ2v) is 6.56. The summed E-state index contributed by atoms with van der Waals surface area (Å²) in [6.45, 7) is 4.12. The largest absolute Gasteiger partial charge is 0.417 e. The van der Waals surface area contributed by atoms with E-state index in [1.807, 2.05) is 6.92 Å². The number of hydrogen-bond acceptors (Lipinski definition) is 3. The van der Waals surface area contributed by atoms with Gasteiger partial charge in [-0.3, -0.25) is 4.79 Å². The van der Waals surface area contributed by atoms with E-state index in [-0.39, 0.29) is 29.3 Å². The number of halogens is 4. The van der Waals surface area contributed by atoms with Crippen LogP contribution in [0.25, 0.3) is 11.0 Å². The van der Waals surface area contributed by atoms with Gasteiger partial charge in [-0.2, -0.15) is 13.2 Å². The predicted molar refractivity (Wildman–Crippen MR) is 90.9 cm³/mol. The van der Waals surface area contributed by atoms with E-state index < -0.39 is 11.7 Å². The summed E-state index contributed by atoms with van der Waals surface area (Å²) < 4.78 is 45.9. The Bertz CT molecular complexity index is 820. The predicted octanol–water partition coefficient (Wildman–Crippen LogP) is 3.87. The second kappa shape index (κ2) is 7.44. The van der Waals surface area contributed by atoms with Gasteiger partial charge in [0.15, 0.2) is 0 Å². The third-order valence-corrected chi connectivity index (χ3v) is 4.78. The van der Waals surface area contributed by atoms with Crippen LogP contribution in [0.1, 0.15) is 31.0 Å². The quantitative estimate of drug-likeness (QED) is 0.729. The smallest absolute Gasteiger partial charge is 0.381 e. The van der Waals surface area contributed by atoms with Crippen LogP contribution in [0.5, 0.6) is 0 Å². The minimum Gasteiger partial charge on any atom is -0.381 e. The van der Waals surface area contributed by atoms with Gasteiger partial charge in [-0.15, -0.1) is 0 Å². The van der Waals surface area contributed by atoms with Crippen molar-refractivity contribution in [3.63, 3.8) is 0 Å². The van der Waals surface area contributed by atoms with Gasteiger partial charge in [0.2, 0.25) is 5.91 Å². The Morgan fingerprint density at radius 2 is 2.12 bits per heavy atom. The molecule has 142 valence electrons. The molecule has 0 saturated carbocycles. The summed E-state index contributed by atoms with van der Waals surface area (Å²) in [4.78, 5) is 17.9. The Morgan fingerprint density at radius 3 is 2.81 bits per heavy atom. The van der Waals surface area contributed by atoms with Crippen LogP contribution in [0, 0.1) is 0 Å². The van der Waals surface area contributed by atoms with E-state index in [4.69, 9.17) is 16.3 Å². The number of fused-ring (bicyclic) bond motifs is 3. The summed E-state index contributed by atoms with van der Waals surface area (Å²) in [6.07, 6.45) is -2.50. The highest BCUT2D eigenvalue weighted by atomic mass is 35.5. The molecule has 0 fully saturated rings. The van der Waals surface area contributed by atoms with Gasteiger partial charge in [-0.25, -0.2) is 4.98 Å². The normalized spacial score (nSPS) is 14.7. The van der Waals surface area contributed by atoms with Crippen molar-refractivity contribution < 1.29 is 22.7 Å². The number of hydrogen-bond donors (Lipinski definition) is 0. The highest BCUT2D eigenvalue weighted by Gasteiger charge is 2.33. The number of rotatable bonds is 5. The zero-order valence-corrected chi connectivity index (χ0v) is 15.0. The van der Waals surface area contributed by atoms with E-state index in [9.17, 15) is 18.0 Å². The molecule has 3 heterocycles. The molecule has 0 radical (unpaired) electrons. The lowest BCUT2D eigenvalue weighted by Crippen LogP contribution is -2.38. The van der Waals surface area contributed by atoms with E-state index in [0.717, 1.165) is 18.7 Å². The Balaban J connectivity index is 1.81. The van der Waals surface area contributed by atoms with Crippen LogP contribution in [0.15, 0.2) is 12.3 Å². The average molecular weight is 390 g/mol. The molecule has 1 aliphatic heterocycles. The van der Waals surface area contributed by atoms with Crippen LogP contribution in [0.4, 0.5) is 13.2 Å². The highest BCUT2D eigenvalue weighted by Crippen LogP contribution is 2.36. The summed E-state index contributed by atoms with van der Waals surface area (Å²) in [6, 6.07) is 1.01. The molecule has 0 saturated heterocycles. The van der Waals surface area contributed by atoms with Crippen LogP contribution >= 0.6 is 11.6 Å². The third-order valence-electron chi connectivity index (χ3n) is 4.36. The lowest BCUT2D eigenvalue weighted by Gasteiger charge is -2.29. The van der Waals surface area contributed by atoms with Crippen molar-refractivity contribution in [3.8, 4) is 0 Å². The zero-order valence-electron chi connectivity index (χ0n) is 14.3. The molecule has 1 aliphatic rings. The lowest BCUT2D eigenvalue weighted by molar-refractivity contribution is -0.137. The molecule has 0 unspecified atom stereocenters. The summed E-state index contributed by atoms with van der Waals surface area (Å²) >= 11 is 6.32. The number of nitrogens with zero attached hydrogens (tertiary/aromatic N) is 3. The fourth-order valence-corrected chi connectivity index (χ4v) is 3.34. The van der Waals surface area contributed by atoms with Crippen molar-refractivity contribution in [2.45, 2.75) is 39.0 Å². The van der Waals surface area contributed by atoms with Gasteiger partial charge in [0.05, 0.1) is 35.9 Å². The SMILES string of the molecule is CCCOCCC(=O)N1CCn2c(c(Cl)c3cc(C(F)(F)F)cnc32)C1. The molecule has 0 aromatic carbocycles. The van der Waals surface area contributed by atoms with Crippen LogP contribution in [-0.2, 0) is 28.8 Å². The van der Waals surface area contributed by atoms with Crippen molar-refractivity contribution in [1.82, 2.24) is 14.5 Å². The molecule has 0 atom stereocenters. The summed E-state index contributed by atoms with van der Waals surface area (Å²) in [7, 11) is 0. The van der Waals surface area contributed by atoms with Gasteiger partial charge in [0.1, 0.15) is 5.65 Å². The van der Waals surface area contributed by atoms with Crippen molar-refractivity contribution in [2.75, 3.05) is 19.8 Å². The van der Waals surface area contributed by atoms with E-state index in [1.54, 1.807) is 9.47 Å². The molecule has 0 bridgehead atoms. The Hall–Kier alpha value is -1.80. The minimum atomic E-state index is -4.48. The summed E-state index contributed by atoms with van der Waals surface area (Å²) in [5.74, 6) is -0.0578. The number of ether oxygens (including phenoxy) is 1. The molecule has 5 nitrogen and oxygen atoms in total. The molecule has 0 aliphatic carbocycles. The van der Waals surface area contributed by atoms with E-state index >= 15 is 0 Å². The number of aromatic nitrogens is 2. The third kappa shape index (κ3) is 3.66. The maximum absolute atomic E-state index is 12.9. The number of carbonyl (C=O) groups is 1. The van der Waals surface area contributed by atoms with Gasteiger partial charge in [-0.1, -0.05) is 18.5 Å². The van der Waals surface area contributed by atoms with Crippen LogP contribution in [0.3, 0.4) is 0 Å². The first kappa shape index (κ1) is 19.0. The van der Waals surface area contributed by atoms with Crippen LogP contribution in [0.2, 0.25) is 5.02 Å². The lowest BCUT2D eigenvalue weighted by atomic mass is 10.2. The van der Waals surface area contributed by atoms with Crippen molar-refractivity contribution >= 4 is 28.5 Å². The van der Waals surface area contributed by atoms with Gasteiger partial charge in [0, 0.05) is 31.3 Å². The molecule has 9 heteroatoms. The minimum absolute atomic E-state index is 0.0578. The highest BCUT2D eigenvalue weighted by molar-refractivity contribution is 6.36. The molecule has 0 spiro atoms. The zero-order chi connectivity index (χ0) is 18.9. The second-order valence-electron chi connectivity index (χ2n) is 6.18. The Kier molecular flexibility index (Phi) is 5.43. The first-order valence-corrected chi connectivity index (χ1v) is 8.80. The fourth-order valence-electron chi connectivity index (χ4n) is 3.04. The number of amides is 1. The maximum Gasteiger partial charge on any atom is 0.417 e. The standard InChI is InChI=1S/C17H19ClF3N3O2/c1-2-6-26-7-3-14(25)23-4-5-24-13(10-23)15(18)12-8-11(17(19,20)21)9-22-16(12)24/h8-9H,2-7,10H2,1H3. The molecule has 2 aromatic heterocycles. The molecular formula is C17H19ClF3N3O2. The number of pyridine rings is 1. The molecular weight excluding hydrogens is 371 g/mol. The summed E-state index contributed by atoms with van der Waals surface area (Å²) in [5.41, 5.74) is 0.190. The summed E-state index contributed by atoms with van der Waals surface area (Å²) in [5, 5.41) is 0.482. The molecule has 26 heavy (non-hydrogen) atoms. The molecule has 2 aromatic rings. The van der Waals surface area contributed by atoms with Gasteiger partial charge in [0.25, 0.3) is 0 Å². The van der Waals surface area contributed by atoms with Gasteiger partial charge in [-0.05, 0) is 12.5 Å². The Morgan fingerprint density at radius 1 is 1.35 bits per heavy atom. The topological polar surface area (TPSA) is 47.4 Å². The van der Waals surface area contributed by atoms with E-state index in [0.29, 0.717) is 37.6 Å². The van der Waals surface area contributed by atoms with E-state index in [1.165, 1.54) is 0 Å². The van der Waals surface area contributed by atoms with Crippen molar-refractivity contribution in [1.29, 1.82) is 0 Å². The number of alkyl halides is 3. The monoisotopic (exact) mass is 389 g/mol. The number of carbonyl (C=O) groups excluding carboxylic acids is 1. The van der Waals surface area contributed by atoms with Crippen molar-refractivity contribution in [3.05, 3.63) is 28.5 Å². The Labute approximate surface area is 153 Å². The van der Waals surface area contributed by atoms with Gasteiger partial charge >= 0.3 is 6.18 Å². The van der Waals surface area contributed by atoms with Gasteiger partial charge < -0.3 is 14.2 Å². The molecule has 0 N–H and O–H groups in total. The van der Waals surface area contributed by atoms with Crippen molar-refractivity contribution in [2.24, 2.45) is 0 Å². The molecule has 1 amide bonds. The van der Waals surface area contributed by atoms with E-state index in [2.05, 4.69) is 4.98 Å². The first-order valence-electron chi connectivity index (χ1n) is 8.42. The van der Waals surface area contributed by atoms with Crippen LogP contribution in [-0.4, -0.2) is 40.1 Å². The molecule has 3 rings (SSSR count). The fraction of sp³-hybridized carbons (Fsp3) is 0.529. The maximum atomic E-state index is 12.9.